The molecule has 1 fully saturated rings. The molecule has 2 atom stereocenters. The molecule has 1 saturated carbocycles. The number of benzene rings is 1. The van der Waals surface area contributed by atoms with Crippen LogP contribution >= 0.6 is 23.4 Å². The zero-order chi connectivity index (χ0) is 20.0. The van der Waals surface area contributed by atoms with Gasteiger partial charge in [0.05, 0.1) is 11.3 Å². The lowest BCUT2D eigenvalue weighted by atomic mass is 10.1. The lowest BCUT2D eigenvalue weighted by Gasteiger charge is -2.07. The lowest BCUT2D eigenvalue weighted by Crippen LogP contribution is -1.93. The Kier molecular flexibility index (Phi) is 4.52. The Labute approximate surface area is 175 Å². The topological polar surface area (TPSA) is 89.6 Å². The predicted octanol–water partition coefficient (Wildman–Crippen LogP) is 4.23. The number of halogens is 1. The van der Waals surface area contributed by atoms with Gasteiger partial charge < -0.3 is 8.98 Å². The molecule has 1 aliphatic carbocycles. The monoisotopic (exact) mass is 425 g/mol. The van der Waals surface area contributed by atoms with Crippen molar-refractivity contribution in [1.82, 2.24) is 24.7 Å². The first-order valence-corrected chi connectivity index (χ1v) is 10.2. The lowest BCUT2D eigenvalue weighted by molar-refractivity contribution is 0.461. The predicted molar refractivity (Wildman–Crippen MR) is 109 cm³/mol. The van der Waals surface area contributed by atoms with Gasteiger partial charge in [0.25, 0.3) is 0 Å². The average Bonchev–Trinajstić information content (AvgIpc) is 3.28. The number of pyridine rings is 1. The van der Waals surface area contributed by atoms with Crippen LogP contribution in [0.1, 0.15) is 29.7 Å². The Morgan fingerprint density at radius 1 is 1.17 bits per heavy atom. The summed E-state index contributed by atoms with van der Waals surface area (Å²) < 4.78 is 7.07. The molecule has 4 aromatic rings. The normalized spacial score (nSPS) is 18.1. The first-order chi connectivity index (χ1) is 14.1. The number of hydrogen-bond acceptors (Lipinski definition) is 6. The highest BCUT2D eigenvalue weighted by molar-refractivity contribution is 7.99. The maximum Gasteiger partial charge on any atom is 0.434 e. The van der Waals surface area contributed by atoms with Gasteiger partial charge in [0, 0.05) is 24.7 Å². The van der Waals surface area contributed by atoms with Gasteiger partial charge in [-0.15, -0.1) is 5.10 Å². The van der Waals surface area contributed by atoms with E-state index >= 15 is 0 Å². The molecule has 0 unspecified atom stereocenters. The van der Waals surface area contributed by atoms with Crippen molar-refractivity contribution in [3.8, 4) is 11.3 Å². The van der Waals surface area contributed by atoms with Gasteiger partial charge in [-0.05, 0) is 41.8 Å². The second kappa shape index (κ2) is 7.20. The van der Waals surface area contributed by atoms with Gasteiger partial charge in [-0.25, -0.2) is 19.9 Å². The average molecular weight is 426 g/mol. The molecular weight excluding hydrogens is 410 g/mol. The summed E-state index contributed by atoms with van der Waals surface area (Å²) >= 11 is 7.48. The van der Waals surface area contributed by atoms with Crippen molar-refractivity contribution in [3.05, 3.63) is 75.9 Å². The Hall–Kier alpha value is -2.84. The van der Waals surface area contributed by atoms with E-state index in [2.05, 4.69) is 44.4 Å². The van der Waals surface area contributed by atoms with E-state index in [1.807, 2.05) is 23.7 Å². The summed E-state index contributed by atoms with van der Waals surface area (Å²) in [6.45, 7) is 0. The molecule has 0 radical (unpaired) electrons. The minimum Gasteiger partial charge on any atom is -0.392 e. The van der Waals surface area contributed by atoms with E-state index in [1.165, 1.54) is 5.56 Å². The fraction of sp³-hybridized carbons (Fsp3) is 0.200. The molecular formula is C20H16ClN5O2S. The fourth-order valence-electron chi connectivity index (χ4n) is 3.38. The van der Waals surface area contributed by atoms with Crippen molar-refractivity contribution < 1.29 is 4.42 Å². The van der Waals surface area contributed by atoms with Crippen molar-refractivity contribution in [1.29, 1.82) is 0 Å². The number of H-pyrrole nitrogens is 1. The Morgan fingerprint density at radius 3 is 2.69 bits per heavy atom. The maximum absolute atomic E-state index is 11.1. The van der Waals surface area contributed by atoms with Gasteiger partial charge in [-0.2, -0.15) is 0 Å². The fourth-order valence-corrected chi connectivity index (χ4v) is 4.39. The minimum atomic E-state index is -0.503. The van der Waals surface area contributed by atoms with Crippen molar-refractivity contribution in [2.45, 2.75) is 28.3 Å². The van der Waals surface area contributed by atoms with Gasteiger partial charge >= 0.3 is 5.76 Å². The van der Waals surface area contributed by atoms with Crippen LogP contribution in [-0.2, 0) is 7.05 Å². The van der Waals surface area contributed by atoms with Crippen LogP contribution < -0.4 is 5.76 Å². The summed E-state index contributed by atoms with van der Waals surface area (Å²) in [7, 11) is 1.97. The number of aromatic amines is 1. The Bertz CT molecular complexity index is 1210. The summed E-state index contributed by atoms with van der Waals surface area (Å²) in [6, 6.07) is 12.1. The third kappa shape index (κ3) is 3.61. The van der Waals surface area contributed by atoms with E-state index in [1.54, 1.807) is 24.3 Å². The molecule has 5 rings (SSSR count). The van der Waals surface area contributed by atoms with E-state index in [0.717, 1.165) is 27.7 Å². The number of nitrogens with zero attached hydrogens (tertiary/aromatic N) is 4. The maximum atomic E-state index is 11.1. The molecule has 9 heteroatoms. The molecule has 3 aromatic heterocycles. The van der Waals surface area contributed by atoms with Crippen LogP contribution in [0.15, 0.2) is 68.2 Å². The SMILES string of the molecule is Cn1cnc(-c2ccc([C@H]3C[C@@H]3c3n[nH]c(=O)o3)cc2)c1Sc1ccc(Cl)cn1. The van der Waals surface area contributed by atoms with Crippen molar-refractivity contribution in [2.24, 2.45) is 7.05 Å². The highest BCUT2D eigenvalue weighted by atomic mass is 35.5. The number of rotatable bonds is 5. The van der Waals surface area contributed by atoms with Crippen LogP contribution in [0.2, 0.25) is 5.02 Å². The Morgan fingerprint density at radius 2 is 2.00 bits per heavy atom. The first-order valence-electron chi connectivity index (χ1n) is 9.05. The van der Waals surface area contributed by atoms with Crippen LogP contribution in [0.3, 0.4) is 0 Å². The zero-order valence-electron chi connectivity index (χ0n) is 15.4. The molecule has 0 saturated heterocycles. The van der Waals surface area contributed by atoms with E-state index in [0.29, 0.717) is 16.8 Å². The smallest absolute Gasteiger partial charge is 0.392 e. The molecule has 1 aliphatic rings. The molecule has 7 nitrogen and oxygen atoms in total. The molecule has 3 heterocycles. The summed E-state index contributed by atoms with van der Waals surface area (Å²) in [6.07, 6.45) is 4.38. The molecule has 146 valence electrons. The van der Waals surface area contributed by atoms with E-state index in [-0.39, 0.29) is 5.92 Å². The third-order valence-electron chi connectivity index (χ3n) is 4.96. The number of nitrogens with one attached hydrogen (secondary N) is 1. The second-order valence-electron chi connectivity index (χ2n) is 6.95. The molecule has 0 spiro atoms. The first kappa shape index (κ1) is 18.2. The van der Waals surface area contributed by atoms with Gasteiger partial charge in [-0.1, -0.05) is 35.9 Å². The van der Waals surface area contributed by atoms with E-state index < -0.39 is 5.76 Å². The van der Waals surface area contributed by atoms with E-state index in [4.69, 9.17) is 16.0 Å². The van der Waals surface area contributed by atoms with Crippen LogP contribution in [0.5, 0.6) is 0 Å². The zero-order valence-corrected chi connectivity index (χ0v) is 16.9. The molecule has 1 aromatic carbocycles. The second-order valence-corrected chi connectivity index (χ2v) is 8.39. The highest BCUT2D eigenvalue weighted by Gasteiger charge is 2.43. The van der Waals surface area contributed by atoms with Crippen LogP contribution in [-0.4, -0.2) is 24.7 Å². The van der Waals surface area contributed by atoms with Gasteiger partial charge in [-0.3, -0.25) is 0 Å². The summed E-state index contributed by atoms with van der Waals surface area (Å²) in [5, 5.41) is 8.75. The molecule has 0 amide bonds. The minimum absolute atomic E-state index is 0.164. The van der Waals surface area contributed by atoms with E-state index in [9.17, 15) is 4.79 Å². The largest absolute Gasteiger partial charge is 0.434 e. The van der Waals surface area contributed by atoms with Crippen LogP contribution in [0, 0.1) is 0 Å². The van der Waals surface area contributed by atoms with Crippen molar-refractivity contribution in [3.63, 3.8) is 0 Å². The number of hydrogen-bond donors (Lipinski definition) is 1. The molecule has 29 heavy (non-hydrogen) atoms. The van der Waals surface area contributed by atoms with Crippen molar-refractivity contribution in [2.75, 3.05) is 0 Å². The molecule has 0 bridgehead atoms. The Balaban J connectivity index is 1.37. The van der Waals surface area contributed by atoms with Crippen LogP contribution in [0.4, 0.5) is 0 Å². The molecule has 0 aliphatic heterocycles. The molecule has 1 N–H and O–H groups in total. The van der Waals surface area contributed by atoms with Gasteiger partial charge in [0.1, 0.15) is 15.7 Å². The number of imidazole rings is 1. The summed E-state index contributed by atoms with van der Waals surface area (Å²) in [4.78, 5) is 20.1. The highest BCUT2D eigenvalue weighted by Crippen LogP contribution is 2.53. The standard InChI is InChI=1S/C20H16ClN5O2S/c1-26-10-23-17(19(26)29-16-7-6-13(21)9-22-16)12-4-2-11(3-5-12)14-8-15(14)18-24-25-20(27)28-18/h2-7,9-10,14-15H,8H2,1H3,(H,25,27)/t14-,15+/m1/s1. The number of aryl methyl sites for hydroxylation is 1. The summed E-state index contributed by atoms with van der Waals surface area (Å²) in [5.41, 5.74) is 3.15. The quantitative estimate of drug-likeness (QED) is 0.514. The van der Waals surface area contributed by atoms with Gasteiger partial charge in [0.15, 0.2) is 0 Å². The summed E-state index contributed by atoms with van der Waals surface area (Å²) in [5.74, 6) is 0.474. The van der Waals surface area contributed by atoms with Crippen molar-refractivity contribution >= 4 is 23.4 Å². The third-order valence-corrected chi connectivity index (χ3v) is 6.31. The number of aromatic nitrogens is 5. The van der Waals surface area contributed by atoms with Gasteiger partial charge in [0.2, 0.25) is 5.89 Å². The van der Waals surface area contributed by atoms with Crippen LogP contribution in [0.25, 0.3) is 11.3 Å².